The Morgan fingerprint density at radius 2 is 2.00 bits per heavy atom. The number of nitrogens with zero attached hydrogens (tertiary/aromatic N) is 1. The van der Waals surface area contributed by atoms with Crippen molar-refractivity contribution in [3.63, 3.8) is 0 Å². The van der Waals surface area contributed by atoms with Crippen molar-refractivity contribution in [2.45, 2.75) is 13.0 Å². The molecule has 0 saturated carbocycles. The van der Waals surface area contributed by atoms with Crippen molar-refractivity contribution >= 4 is 0 Å². The topological polar surface area (TPSA) is 50.9 Å². The molecule has 3 nitrogen and oxygen atoms in total. The number of aryl methyl sites for hydroxylation is 1. The smallest absolute Gasteiger partial charge is 0.128 e. The number of rotatable bonds is 3. The van der Waals surface area contributed by atoms with E-state index in [2.05, 4.69) is 10.4 Å². The van der Waals surface area contributed by atoms with Crippen molar-refractivity contribution in [2.75, 3.05) is 0 Å². The Morgan fingerprint density at radius 1 is 1.24 bits per heavy atom. The number of pyridine rings is 1. The second kappa shape index (κ2) is 5.03. The molecule has 0 aliphatic heterocycles. The minimum atomic E-state index is -0.385. The van der Waals surface area contributed by atoms with Gasteiger partial charge < -0.3 is 0 Å². The van der Waals surface area contributed by atoms with Gasteiger partial charge in [-0.05, 0) is 24.6 Å². The van der Waals surface area contributed by atoms with Gasteiger partial charge in [0.05, 0.1) is 6.04 Å². The van der Waals surface area contributed by atoms with Crippen LogP contribution in [0.5, 0.6) is 0 Å². The molecule has 1 unspecified atom stereocenters. The third-order valence-electron chi connectivity index (χ3n) is 2.65. The minimum Gasteiger partial charge on any atom is -0.271 e. The zero-order valence-electron chi connectivity index (χ0n) is 9.52. The van der Waals surface area contributed by atoms with E-state index in [1.54, 1.807) is 24.4 Å². The average Bonchev–Trinajstić information content (AvgIpc) is 2.35. The lowest BCUT2D eigenvalue weighted by Gasteiger charge is -2.17. The first-order valence-electron chi connectivity index (χ1n) is 5.35. The molecule has 1 aromatic carbocycles. The van der Waals surface area contributed by atoms with Crippen LogP contribution in [0, 0.1) is 12.7 Å². The fourth-order valence-electron chi connectivity index (χ4n) is 1.72. The average molecular weight is 231 g/mol. The molecule has 1 heterocycles. The number of aromatic nitrogens is 1. The molecule has 0 fully saturated rings. The fourth-order valence-corrected chi connectivity index (χ4v) is 1.72. The molecule has 0 bridgehead atoms. The summed E-state index contributed by atoms with van der Waals surface area (Å²) in [5.41, 5.74) is 4.88. The van der Waals surface area contributed by atoms with E-state index >= 15 is 0 Å². The Bertz CT molecular complexity index is 496. The van der Waals surface area contributed by atoms with Gasteiger partial charge in [-0.25, -0.2) is 9.82 Å². The largest absolute Gasteiger partial charge is 0.271 e. The highest BCUT2D eigenvalue weighted by molar-refractivity contribution is 5.31. The zero-order chi connectivity index (χ0) is 12.3. The number of hydrazine groups is 1. The highest BCUT2D eigenvalue weighted by atomic mass is 19.1. The molecule has 0 amide bonds. The van der Waals surface area contributed by atoms with Crippen LogP contribution >= 0.6 is 0 Å². The maximum atomic E-state index is 13.7. The Hall–Kier alpha value is -1.78. The van der Waals surface area contributed by atoms with Crippen LogP contribution in [-0.4, -0.2) is 4.98 Å². The summed E-state index contributed by atoms with van der Waals surface area (Å²) in [5.74, 6) is 5.22. The summed E-state index contributed by atoms with van der Waals surface area (Å²) in [6.07, 6.45) is 1.70. The van der Waals surface area contributed by atoms with E-state index in [1.807, 2.05) is 19.1 Å². The van der Waals surface area contributed by atoms with Crippen LogP contribution in [0.3, 0.4) is 0 Å². The summed E-state index contributed by atoms with van der Waals surface area (Å²) in [7, 11) is 0. The van der Waals surface area contributed by atoms with Crippen LogP contribution in [-0.2, 0) is 0 Å². The summed E-state index contributed by atoms with van der Waals surface area (Å²) in [6.45, 7) is 1.90. The van der Waals surface area contributed by atoms with Gasteiger partial charge in [-0.15, -0.1) is 0 Å². The van der Waals surface area contributed by atoms with E-state index in [9.17, 15) is 4.39 Å². The third kappa shape index (κ3) is 2.49. The van der Waals surface area contributed by atoms with E-state index in [4.69, 9.17) is 5.84 Å². The van der Waals surface area contributed by atoms with Crippen LogP contribution in [0.1, 0.15) is 22.9 Å². The summed E-state index contributed by atoms with van der Waals surface area (Å²) in [4.78, 5) is 4.19. The van der Waals surface area contributed by atoms with Gasteiger partial charge in [0.2, 0.25) is 0 Å². The summed E-state index contributed by atoms with van der Waals surface area (Å²) in [5, 5.41) is 0. The maximum absolute atomic E-state index is 13.7. The number of halogens is 1. The second-order valence-electron chi connectivity index (χ2n) is 3.85. The number of nitrogens with two attached hydrogens (primary N) is 1. The van der Waals surface area contributed by atoms with Gasteiger partial charge in [-0.2, -0.15) is 0 Å². The first-order chi connectivity index (χ1) is 8.22. The van der Waals surface area contributed by atoms with Crippen LogP contribution in [0.2, 0.25) is 0 Å². The predicted molar refractivity (Wildman–Crippen MR) is 64.5 cm³/mol. The lowest BCUT2D eigenvalue weighted by molar-refractivity contribution is 0.559. The quantitative estimate of drug-likeness (QED) is 0.628. The molecule has 0 saturated heterocycles. The van der Waals surface area contributed by atoms with Gasteiger partial charge in [0.1, 0.15) is 5.82 Å². The SMILES string of the molecule is Cc1ccc(C(NN)c2ccccc2F)cn1. The van der Waals surface area contributed by atoms with E-state index in [-0.39, 0.29) is 11.9 Å². The summed E-state index contributed by atoms with van der Waals surface area (Å²) in [6, 6.07) is 9.94. The highest BCUT2D eigenvalue weighted by Crippen LogP contribution is 2.22. The van der Waals surface area contributed by atoms with Gasteiger partial charge in [0.25, 0.3) is 0 Å². The van der Waals surface area contributed by atoms with Gasteiger partial charge >= 0.3 is 0 Å². The lowest BCUT2D eigenvalue weighted by atomic mass is 10.0. The maximum Gasteiger partial charge on any atom is 0.128 e. The standard InChI is InChI=1S/C13H14FN3/c1-9-6-7-10(8-16-9)13(17-15)11-4-2-3-5-12(11)14/h2-8,13,17H,15H2,1H3. The molecule has 0 radical (unpaired) electrons. The number of nitrogens with one attached hydrogen (secondary N) is 1. The molecule has 0 aliphatic carbocycles. The van der Waals surface area contributed by atoms with E-state index in [0.717, 1.165) is 11.3 Å². The predicted octanol–water partition coefficient (Wildman–Crippen LogP) is 2.08. The number of benzene rings is 1. The molecule has 17 heavy (non-hydrogen) atoms. The fraction of sp³-hybridized carbons (Fsp3) is 0.154. The highest BCUT2D eigenvalue weighted by Gasteiger charge is 2.15. The van der Waals surface area contributed by atoms with Crippen molar-refractivity contribution in [2.24, 2.45) is 5.84 Å². The van der Waals surface area contributed by atoms with Crippen molar-refractivity contribution < 1.29 is 4.39 Å². The zero-order valence-corrected chi connectivity index (χ0v) is 9.52. The number of hydrogen-bond acceptors (Lipinski definition) is 3. The normalized spacial score (nSPS) is 12.4. The molecule has 1 atom stereocenters. The number of hydrogen-bond donors (Lipinski definition) is 2. The molecule has 2 aromatic rings. The summed E-state index contributed by atoms with van der Waals surface area (Å²) < 4.78 is 13.7. The van der Waals surface area contributed by atoms with E-state index in [1.165, 1.54) is 6.07 Å². The first-order valence-corrected chi connectivity index (χ1v) is 5.35. The molecule has 4 heteroatoms. The third-order valence-corrected chi connectivity index (χ3v) is 2.65. The Balaban J connectivity index is 2.40. The lowest BCUT2D eigenvalue weighted by Crippen LogP contribution is -2.29. The molecular weight excluding hydrogens is 217 g/mol. The molecular formula is C13H14FN3. The molecule has 0 aliphatic rings. The molecule has 2 rings (SSSR count). The van der Waals surface area contributed by atoms with Crippen LogP contribution in [0.25, 0.3) is 0 Å². The monoisotopic (exact) mass is 231 g/mol. The first kappa shape index (κ1) is 11.7. The van der Waals surface area contributed by atoms with Crippen molar-refractivity contribution in [3.8, 4) is 0 Å². The molecule has 88 valence electrons. The van der Waals surface area contributed by atoms with Gasteiger partial charge in [0.15, 0.2) is 0 Å². The Labute approximate surface area is 99.5 Å². The summed E-state index contributed by atoms with van der Waals surface area (Å²) >= 11 is 0. The minimum absolute atomic E-state index is 0.281. The van der Waals surface area contributed by atoms with Crippen molar-refractivity contribution in [3.05, 3.63) is 65.2 Å². The van der Waals surface area contributed by atoms with Gasteiger partial charge in [-0.1, -0.05) is 24.3 Å². The Kier molecular flexibility index (Phi) is 3.46. The van der Waals surface area contributed by atoms with Crippen molar-refractivity contribution in [1.82, 2.24) is 10.4 Å². The second-order valence-corrected chi connectivity index (χ2v) is 3.85. The van der Waals surface area contributed by atoms with E-state index in [0.29, 0.717) is 5.56 Å². The molecule has 1 aromatic heterocycles. The van der Waals surface area contributed by atoms with Crippen LogP contribution < -0.4 is 11.3 Å². The van der Waals surface area contributed by atoms with Gasteiger partial charge in [-0.3, -0.25) is 10.8 Å². The van der Waals surface area contributed by atoms with E-state index < -0.39 is 0 Å². The van der Waals surface area contributed by atoms with Crippen LogP contribution in [0.4, 0.5) is 4.39 Å². The van der Waals surface area contributed by atoms with Crippen molar-refractivity contribution in [1.29, 1.82) is 0 Å². The van der Waals surface area contributed by atoms with Gasteiger partial charge in [0, 0.05) is 17.5 Å². The Morgan fingerprint density at radius 3 is 2.59 bits per heavy atom. The molecule has 0 spiro atoms. The molecule has 3 N–H and O–H groups in total. The van der Waals surface area contributed by atoms with Crippen LogP contribution in [0.15, 0.2) is 42.6 Å².